The number of nitrogens with two attached hydrogens (primary N) is 1. The van der Waals surface area contributed by atoms with Crippen molar-refractivity contribution in [2.24, 2.45) is 5.73 Å². The van der Waals surface area contributed by atoms with Gasteiger partial charge in [0.05, 0.1) is 32.4 Å². The number of ether oxygens (including phenoxy) is 4. The Kier molecular flexibility index (Phi) is 5.68. The van der Waals surface area contributed by atoms with E-state index in [9.17, 15) is 4.79 Å². The number of primary amides is 1. The summed E-state index contributed by atoms with van der Waals surface area (Å²) in [6, 6.07) is 13.5. The number of amides is 1. The van der Waals surface area contributed by atoms with E-state index in [2.05, 4.69) is 10.1 Å². The molecule has 3 aromatic heterocycles. The molecule has 2 aromatic carbocycles. The van der Waals surface area contributed by atoms with E-state index in [0.717, 1.165) is 16.5 Å². The molecule has 1 atom stereocenters. The molecule has 0 bridgehead atoms. The topological polar surface area (TPSA) is 123 Å². The molecule has 1 amide bonds. The van der Waals surface area contributed by atoms with Crippen molar-refractivity contribution < 1.29 is 28.2 Å². The van der Waals surface area contributed by atoms with Crippen molar-refractivity contribution in [1.29, 1.82) is 0 Å². The summed E-state index contributed by atoms with van der Waals surface area (Å²) in [5.74, 6) is 1.42. The van der Waals surface area contributed by atoms with E-state index in [1.165, 1.54) is 11.3 Å². The van der Waals surface area contributed by atoms with Gasteiger partial charge in [0.25, 0.3) is 11.1 Å². The summed E-state index contributed by atoms with van der Waals surface area (Å²) in [5.41, 5.74) is 8.58. The smallest absolute Gasteiger partial charge is 0.294 e. The Hall–Kier alpha value is -4.51. The van der Waals surface area contributed by atoms with E-state index < -0.39 is 5.91 Å². The highest BCUT2D eigenvalue weighted by molar-refractivity contribution is 7.18. The minimum Gasteiger partial charge on any atom is -0.496 e. The molecule has 0 saturated heterocycles. The summed E-state index contributed by atoms with van der Waals surface area (Å²) in [6.07, 6.45) is 3.55. The number of carbonyl (C=O) groups is 1. The first kappa shape index (κ1) is 22.9. The second-order valence-electron chi connectivity index (χ2n) is 8.42. The van der Waals surface area contributed by atoms with Crippen molar-refractivity contribution >= 4 is 33.2 Å². The molecule has 11 heteroatoms. The van der Waals surface area contributed by atoms with E-state index in [-0.39, 0.29) is 11.7 Å². The van der Waals surface area contributed by atoms with Crippen molar-refractivity contribution in [3.63, 3.8) is 0 Å². The largest absolute Gasteiger partial charge is 0.496 e. The number of aromatic nitrogens is 3. The summed E-state index contributed by atoms with van der Waals surface area (Å²) in [6.45, 7) is 0.700. The zero-order chi connectivity index (χ0) is 25.5. The van der Waals surface area contributed by atoms with Crippen molar-refractivity contribution in [2.45, 2.75) is 12.5 Å². The fourth-order valence-corrected chi connectivity index (χ4v) is 4.91. The van der Waals surface area contributed by atoms with Crippen LogP contribution in [-0.4, -0.2) is 41.3 Å². The molecule has 4 heterocycles. The zero-order valence-corrected chi connectivity index (χ0v) is 20.8. The monoisotopic (exact) mass is 518 g/mol. The lowest BCUT2D eigenvalue weighted by Crippen LogP contribution is -2.13. The lowest BCUT2D eigenvalue weighted by molar-refractivity contribution is -0.117. The summed E-state index contributed by atoms with van der Waals surface area (Å²) < 4.78 is 30.1. The number of imidazole rings is 1. The molecule has 37 heavy (non-hydrogen) atoms. The Bertz CT molecular complexity index is 1630. The number of rotatable bonds is 8. The van der Waals surface area contributed by atoms with Crippen LogP contribution in [0.1, 0.15) is 17.0 Å². The third-order valence-corrected chi connectivity index (χ3v) is 6.93. The molecule has 188 valence electrons. The number of fused-ring (bicyclic) bond motifs is 2. The van der Waals surface area contributed by atoms with Gasteiger partial charge in [0.2, 0.25) is 4.96 Å². The Labute approximate surface area is 214 Å². The van der Waals surface area contributed by atoms with Gasteiger partial charge in [0, 0.05) is 18.1 Å². The van der Waals surface area contributed by atoms with Gasteiger partial charge in [-0.05, 0) is 34.6 Å². The Balaban J connectivity index is 1.27. The molecular weight excluding hydrogens is 496 g/mol. The van der Waals surface area contributed by atoms with Gasteiger partial charge in [0.15, 0.2) is 11.5 Å². The quantitative estimate of drug-likeness (QED) is 0.323. The van der Waals surface area contributed by atoms with E-state index in [4.69, 9.17) is 29.1 Å². The van der Waals surface area contributed by atoms with Gasteiger partial charge in [-0.15, -0.1) is 5.10 Å². The van der Waals surface area contributed by atoms with E-state index in [0.29, 0.717) is 51.9 Å². The van der Waals surface area contributed by atoms with E-state index in [1.54, 1.807) is 31.0 Å². The molecule has 1 unspecified atom stereocenters. The fourth-order valence-electron chi connectivity index (χ4n) is 4.21. The standard InChI is InChI=1S/C26H22N4O6S/c1-32-17-8-20(34-12-14-4-3-5-15(6-14)16-7-23(24(27)31)35-13-16)18-10-22(36-21(18)9-17)19-11-30-25(28-19)37-26(29-30)33-2/h3-11,16H,12-13H2,1-2H3,(H2,27,31). The van der Waals surface area contributed by atoms with Crippen LogP contribution in [0.3, 0.4) is 0 Å². The van der Waals surface area contributed by atoms with Crippen LogP contribution in [0.4, 0.5) is 0 Å². The molecule has 1 aliphatic heterocycles. The average molecular weight is 519 g/mol. The normalized spacial score (nSPS) is 15.1. The molecule has 2 N–H and O–H groups in total. The van der Waals surface area contributed by atoms with Crippen LogP contribution in [0.25, 0.3) is 27.4 Å². The fraction of sp³-hybridized carbons (Fsp3) is 0.192. The van der Waals surface area contributed by atoms with Crippen LogP contribution in [-0.2, 0) is 16.1 Å². The van der Waals surface area contributed by atoms with Gasteiger partial charge >= 0.3 is 0 Å². The minimum atomic E-state index is -0.560. The van der Waals surface area contributed by atoms with E-state index >= 15 is 0 Å². The van der Waals surface area contributed by atoms with Crippen LogP contribution in [0.15, 0.2) is 64.9 Å². The predicted octanol–water partition coefficient (Wildman–Crippen LogP) is 4.28. The summed E-state index contributed by atoms with van der Waals surface area (Å²) in [7, 11) is 3.17. The molecule has 10 nitrogen and oxygen atoms in total. The van der Waals surface area contributed by atoms with Crippen molar-refractivity contribution in [2.75, 3.05) is 20.8 Å². The molecule has 1 aliphatic rings. The number of carbonyl (C=O) groups excluding carboxylic acids is 1. The summed E-state index contributed by atoms with van der Waals surface area (Å²) in [5, 5.41) is 5.65. The second-order valence-corrected chi connectivity index (χ2v) is 9.34. The maximum absolute atomic E-state index is 11.4. The van der Waals surface area contributed by atoms with Gasteiger partial charge in [-0.1, -0.05) is 24.3 Å². The van der Waals surface area contributed by atoms with Crippen LogP contribution >= 0.6 is 11.3 Å². The highest BCUT2D eigenvalue weighted by atomic mass is 32.1. The minimum absolute atomic E-state index is 0.0404. The zero-order valence-electron chi connectivity index (χ0n) is 20.0. The number of benzene rings is 2. The maximum atomic E-state index is 11.4. The number of hydrogen-bond donors (Lipinski definition) is 1. The highest BCUT2D eigenvalue weighted by Crippen LogP contribution is 2.38. The lowest BCUT2D eigenvalue weighted by atomic mass is 9.98. The molecule has 0 fully saturated rings. The lowest BCUT2D eigenvalue weighted by Gasteiger charge is -2.12. The van der Waals surface area contributed by atoms with Crippen LogP contribution in [0.5, 0.6) is 16.7 Å². The first-order chi connectivity index (χ1) is 18.0. The van der Waals surface area contributed by atoms with Crippen LogP contribution in [0.2, 0.25) is 0 Å². The Morgan fingerprint density at radius 1 is 1.22 bits per heavy atom. The molecule has 0 spiro atoms. The van der Waals surface area contributed by atoms with Gasteiger partial charge < -0.3 is 29.1 Å². The molecule has 5 aromatic rings. The average Bonchev–Trinajstić information content (AvgIpc) is 3.69. The van der Waals surface area contributed by atoms with Gasteiger partial charge in [-0.2, -0.15) is 0 Å². The Morgan fingerprint density at radius 2 is 2.11 bits per heavy atom. The number of methoxy groups -OCH3 is 2. The van der Waals surface area contributed by atoms with Gasteiger partial charge in [0.1, 0.15) is 29.4 Å². The number of hydrogen-bond acceptors (Lipinski definition) is 9. The van der Waals surface area contributed by atoms with Crippen molar-refractivity contribution in [3.8, 4) is 28.1 Å². The van der Waals surface area contributed by atoms with Gasteiger partial charge in [-0.25, -0.2) is 9.50 Å². The molecule has 6 rings (SSSR count). The number of nitrogens with zero attached hydrogens (tertiary/aromatic N) is 3. The first-order valence-corrected chi connectivity index (χ1v) is 12.2. The molecule has 0 radical (unpaired) electrons. The third-order valence-electron chi connectivity index (χ3n) is 6.05. The van der Waals surface area contributed by atoms with Crippen LogP contribution in [0, 0.1) is 0 Å². The Morgan fingerprint density at radius 3 is 2.86 bits per heavy atom. The molecule has 0 saturated carbocycles. The number of furan rings is 1. The van der Waals surface area contributed by atoms with Crippen molar-refractivity contribution in [1.82, 2.24) is 14.6 Å². The summed E-state index contributed by atoms with van der Waals surface area (Å²) in [4.78, 5) is 16.7. The third kappa shape index (κ3) is 4.33. The SMILES string of the molecule is COc1cc(OCc2cccc(C3C=C(C(N)=O)OC3)c2)c2cc(-c3cn4nc(OC)sc4n3)oc2c1. The van der Waals surface area contributed by atoms with E-state index in [1.807, 2.05) is 42.5 Å². The van der Waals surface area contributed by atoms with Crippen molar-refractivity contribution in [3.05, 3.63) is 71.6 Å². The van der Waals surface area contributed by atoms with Gasteiger partial charge in [-0.3, -0.25) is 4.79 Å². The molecular formula is C26H22N4O6S. The second kappa shape index (κ2) is 9.17. The predicted molar refractivity (Wildman–Crippen MR) is 136 cm³/mol. The first-order valence-electron chi connectivity index (χ1n) is 11.4. The maximum Gasteiger partial charge on any atom is 0.294 e. The highest BCUT2D eigenvalue weighted by Gasteiger charge is 2.22. The summed E-state index contributed by atoms with van der Waals surface area (Å²) >= 11 is 1.34. The molecule has 0 aliphatic carbocycles. The van der Waals surface area contributed by atoms with Crippen LogP contribution < -0.4 is 19.9 Å².